The van der Waals surface area contributed by atoms with E-state index in [1.807, 2.05) is 36.7 Å². The number of benzene rings is 4. The van der Waals surface area contributed by atoms with Crippen LogP contribution in [-0.4, -0.2) is 14.7 Å². The molecule has 0 aliphatic carbocycles. The van der Waals surface area contributed by atoms with Crippen molar-refractivity contribution >= 4 is 0 Å². The van der Waals surface area contributed by atoms with Crippen LogP contribution in [0.25, 0.3) is 0 Å². The van der Waals surface area contributed by atoms with Gasteiger partial charge < -0.3 is 9.67 Å². The molecule has 0 unspecified atom stereocenters. The number of aryl methyl sites for hydroxylation is 1. The van der Waals surface area contributed by atoms with E-state index in [1.54, 1.807) is 6.20 Å². The van der Waals surface area contributed by atoms with Crippen LogP contribution >= 0.6 is 0 Å². The van der Waals surface area contributed by atoms with E-state index in [0.717, 1.165) is 39.1 Å². The highest BCUT2D eigenvalue weighted by molar-refractivity contribution is 5.52. The number of aromatic nitrogens is 2. The molecule has 0 amide bonds. The molecule has 0 fully saturated rings. The molecule has 5 aromatic rings. The minimum absolute atomic E-state index is 0.714. The average Bonchev–Trinajstić information content (AvgIpc) is 3.38. The molecule has 1 heterocycles. The first-order chi connectivity index (χ1) is 16.6. The van der Waals surface area contributed by atoms with Crippen LogP contribution < -0.4 is 0 Å². The molecule has 0 aliphatic heterocycles. The fourth-order valence-corrected chi connectivity index (χ4v) is 4.97. The molecule has 34 heavy (non-hydrogen) atoms. The molecule has 5 rings (SSSR count). The molecule has 0 aliphatic rings. The lowest BCUT2D eigenvalue weighted by Crippen LogP contribution is -2.39. The second kappa shape index (κ2) is 9.12. The van der Waals surface area contributed by atoms with Crippen LogP contribution in [-0.2, 0) is 5.54 Å². The summed E-state index contributed by atoms with van der Waals surface area (Å²) >= 11 is 0. The van der Waals surface area contributed by atoms with Crippen LogP contribution in [0, 0.1) is 13.8 Å². The van der Waals surface area contributed by atoms with E-state index in [1.165, 1.54) is 0 Å². The summed E-state index contributed by atoms with van der Waals surface area (Å²) in [5.74, 6) is 0. The largest absolute Gasteiger partial charge is 0.382 e. The predicted molar refractivity (Wildman–Crippen MR) is 137 cm³/mol. The zero-order valence-electron chi connectivity index (χ0n) is 19.5. The van der Waals surface area contributed by atoms with Gasteiger partial charge in [0.25, 0.3) is 0 Å². The predicted octanol–water partition coefficient (Wildman–Crippen LogP) is 6.42. The van der Waals surface area contributed by atoms with E-state index >= 15 is 0 Å². The summed E-state index contributed by atoms with van der Waals surface area (Å²) in [5.41, 5.74) is 6.46. The second-order valence-corrected chi connectivity index (χ2v) is 8.69. The Balaban J connectivity index is 1.84. The second-order valence-electron chi connectivity index (χ2n) is 8.69. The third-order valence-corrected chi connectivity index (χ3v) is 6.82. The Morgan fingerprint density at radius 3 is 1.68 bits per heavy atom. The molecular weight excluding hydrogens is 416 g/mol. The van der Waals surface area contributed by atoms with Gasteiger partial charge in [0.15, 0.2) is 0 Å². The zero-order chi connectivity index (χ0) is 23.5. The minimum Gasteiger partial charge on any atom is -0.382 e. The van der Waals surface area contributed by atoms with Crippen LogP contribution in [0.2, 0.25) is 0 Å². The molecule has 1 N–H and O–H groups in total. The number of imidazole rings is 1. The lowest BCUT2D eigenvalue weighted by Gasteiger charge is -2.39. The van der Waals surface area contributed by atoms with Crippen molar-refractivity contribution in [1.82, 2.24) is 9.55 Å². The van der Waals surface area contributed by atoms with Gasteiger partial charge in [-0.05, 0) is 47.2 Å². The highest BCUT2D eigenvalue weighted by atomic mass is 16.3. The van der Waals surface area contributed by atoms with Crippen molar-refractivity contribution in [3.63, 3.8) is 0 Å². The van der Waals surface area contributed by atoms with Crippen LogP contribution in [0.3, 0.4) is 0 Å². The van der Waals surface area contributed by atoms with Crippen molar-refractivity contribution in [2.45, 2.75) is 25.5 Å². The minimum atomic E-state index is -0.821. The third kappa shape index (κ3) is 3.55. The van der Waals surface area contributed by atoms with Gasteiger partial charge in [0.2, 0.25) is 0 Å². The fourth-order valence-electron chi connectivity index (χ4n) is 4.97. The van der Waals surface area contributed by atoms with Crippen LogP contribution in [0.4, 0.5) is 0 Å². The summed E-state index contributed by atoms with van der Waals surface area (Å²) in [4.78, 5) is 4.57. The number of aliphatic hydroxyl groups is 1. The first-order valence-corrected chi connectivity index (χ1v) is 11.6. The van der Waals surface area contributed by atoms with E-state index in [4.69, 9.17) is 0 Å². The highest BCUT2D eigenvalue weighted by Crippen LogP contribution is 2.43. The van der Waals surface area contributed by atoms with E-state index in [2.05, 4.69) is 102 Å². The zero-order valence-corrected chi connectivity index (χ0v) is 19.5. The molecule has 0 radical (unpaired) electrons. The van der Waals surface area contributed by atoms with Gasteiger partial charge in [-0.25, -0.2) is 4.98 Å². The molecule has 1 atom stereocenters. The molecule has 0 bridgehead atoms. The van der Waals surface area contributed by atoms with Gasteiger partial charge in [-0.15, -0.1) is 0 Å². The van der Waals surface area contributed by atoms with Gasteiger partial charge in [0.05, 0.1) is 18.2 Å². The molecule has 0 spiro atoms. The van der Waals surface area contributed by atoms with Crippen LogP contribution in [0.15, 0.2) is 122 Å². The van der Waals surface area contributed by atoms with Crippen molar-refractivity contribution < 1.29 is 5.11 Å². The number of nitrogens with zero attached hydrogens (tertiary/aromatic N) is 2. The smallest absolute Gasteiger partial charge is 0.122 e. The summed E-state index contributed by atoms with van der Waals surface area (Å²) in [5, 5.41) is 11.7. The Kier molecular flexibility index (Phi) is 5.87. The van der Waals surface area contributed by atoms with Gasteiger partial charge in [0, 0.05) is 0 Å². The molecule has 4 aromatic carbocycles. The highest BCUT2D eigenvalue weighted by Gasteiger charge is 2.40. The van der Waals surface area contributed by atoms with Gasteiger partial charge >= 0.3 is 0 Å². The molecule has 3 nitrogen and oxygen atoms in total. The quantitative estimate of drug-likeness (QED) is 0.307. The number of rotatable bonds is 6. The van der Waals surface area contributed by atoms with Gasteiger partial charge in [-0.3, -0.25) is 0 Å². The van der Waals surface area contributed by atoms with Crippen molar-refractivity contribution in [3.8, 4) is 0 Å². The van der Waals surface area contributed by atoms with Crippen LogP contribution in [0.5, 0.6) is 0 Å². The van der Waals surface area contributed by atoms with Crippen LogP contribution in [0.1, 0.15) is 45.2 Å². The van der Waals surface area contributed by atoms with E-state index in [9.17, 15) is 5.11 Å². The lowest BCUT2D eigenvalue weighted by atomic mass is 9.76. The number of hydrogen-bond acceptors (Lipinski definition) is 2. The molecule has 1 aromatic heterocycles. The Bertz CT molecular complexity index is 1280. The summed E-state index contributed by atoms with van der Waals surface area (Å²) in [6.45, 7) is 4.14. The molecule has 3 heteroatoms. The third-order valence-electron chi connectivity index (χ3n) is 6.82. The summed E-state index contributed by atoms with van der Waals surface area (Å²) in [7, 11) is 0. The Morgan fingerprint density at radius 1 is 0.676 bits per heavy atom. The number of aliphatic hydroxyl groups excluding tert-OH is 1. The van der Waals surface area contributed by atoms with E-state index in [0.29, 0.717) is 0 Å². The summed E-state index contributed by atoms with van der Waals surface area (Å²) in [6.07, 6.45) is 2.81. The topological polar surface area (TPSA) is 38.1 Å². The maximum atomic E-state index is 11.7. The monoisotopic (exact) mass is 444 g/mol. The maximum Gasteiger partial charge on any atom is 0.122 e. The average molecular weight is 445 g/mol. The van der Waals surface area contributed by atoms with Crippen molar-refractivity contribution in [1.29, 1.82) is 0 Å². The van der Waals surface area contributed by atoms with E-state index in [-0.39, 0.29) is 0 Å². The van der Waals surface area contributed by atoms with Crippen molar-refractivity contribution in [3.05, 3.63) is 161 Å². The Hall–Kier alpha value is -3.95. The molecule has 168 valence electrons. The molecular formula is C31H28N2O. The molecule has 0 saturated carbocycles. The Morgan fingerprint density at radius 2 is 1.18 bits per heavy atom. The standard InChI is InChI=1S/C31H28N2O/c1-23-13-12-20-28(24(23)2)30(34)29-21-32-22-33(29)31(25-14-6-3-7-15-25,26-16-8-4-9-17-26)27-18-10-5-11-19-27/h3-22,30,34H,1-2H3/t30-/m0/s1. The summed E-state index contributed by atoms with van der Waals surface area (Å²) in [6, 6.07) is 37.4. The van der Waals surface area contributed by atoms with Gasteiger partial charge in [-0.1, -0.05) is 109 Å². The number of hydrogen-bond donors (Lipinski definition) is 1. The van der Waals surface area contributed by atoms with Crippen molar-refractivity contribution in [2.24, 2.45) is 0 Å². The first kappa shape index (κ1) is 21.9. The van der Waals surface area contributed by atoms with Crippen molar-refractivity contribution in [2.75, 3.05) is 0 Å². The fraction of sp³-hybridized carbons (Fsp3) is 0.129. The van der Waals surface area contributed by atoms with E-state index < -0.39 is 11.6 Å². The molecule has 0 saturated heterocycles. The normalized spacial score (nSPS) is 12.4. The summed E-state index contributed by atoms with van der Waals surface area (Å²) < 4.78 is 2.14. The Labute approximate surface area is 201 Å². The SMILES string of the molecule is Cc1cccc([C@H](O)c2cncn2C(c2ccccc2)(c2ccccc2)c2ccccc2)c1C. The van der Waals surface area contributed by atoms with Gasteiger partial charge in [-0.2, -0.15) is 0 Å². The lowest BCUT2D eigenvalue weighted by molar-refractivity contribution is 0.205. The maximum absolute atomic E-state index is 11.7. The van der Waals surface area contributed by atoms with Gasteiger partial charge in [0.1, 0.15) is 11.6 Å². The first-order valence-electron chi connectivity index (χ1n) is 11.6.